The van der Waals surface area contributed by atoms with Gasteiger partial charge < -0.3 is 15.3 Å². The zero-order valence-electron chi connectivity index (χ0n) is 9.22. The van der Waals surface area contributed by atoms with Crippen LogP contribution in [0.5, 0.6) is 0 Å². The third kappa shape index (κ3) is 2.74. The summed E-state index contributed by atoms with van der Waals surface area (Å²) in [5.74, 6) is -1.10. The van der Waals surface area contributed by atoms with Crippen LogP contribution < -0.4 is 5.32 Å². The van der Waals surface area contributed by atoms with E-state index in [1.54, 1.807) is 11.1 Å². The summed E-state index contributed by atoms with van der Waals surface area (Å²) in [7, 11) is 0. The van der Waals surface area contributed by atoms with Crippen molar-refractivity contribution in [1.82, 2.24) is 15.1 Å². The van der Waals surface area contributed by atoms with Gasteiger partial charge in [-0.1, -0.05) is 0 Å². The quantitative estimate of drug-likeness (QED) is 0.707. The van der Waals surface area contributed by atoms with E-state index in [1.165, 1.54) is 6.20 Å². The molecule has 1 aromatic heterocycles. The third-order valence-electron chi connectivity index (χ3n) is 2.88. The van der Waals surface area contributed by atoms with Gasteiger partial charge in [-0.2, -0.15) is 5.10 Å². The van der Waals surface area contributed by atoms with E-state index in [-0.39, 0.29) is 11.9 Å². The van der Waals surface area contributed by atoms with E-state index in [0.717, 1.165) is 0 Å². The van der Waals surface area contributed by atoms with Crippen molar-refractivity contribution in [2.24, 2.45) is 5.92 Å². The van der Waals surface area contributed by atoms with Gasteiger partial charge in [-0.3, -0.25) is 9.89 Å². The lowest BCUT2D eigenvalue weighted by Crippen LogP contribution is -2.42. The summed E-state index contributed by atoms with van der Waals surface area (Å²) in [4.78, 5) is 24.1. The molecular weight excluding hydrogens is 224 g/mol. The van der Waals surface area contributed by atoms with Gasteiger partial charge >= 0.3 is 12.0 Å². The first kappa shape index (κ1) is 11.4. The third-order valence-corrected chi connectivity index (χ3v) is 2.88. The van der Waals surface area contributed by atoms with Gasteiger partial charge in [0.1, 0.15) is 0 Å². The highest BCUT2D eigenvalue weighted by Crippen LogP contribution is 2.18. The molecule has 1 aliphatic rings. The highest BCUT2D eigenvalue weighted by Gasteiger charge is 2.26. The summed E-state index contributed by atoms with van der Waals surface area (Å²) < 4.78 is 0. The fourth-order valence-corrected chi connectivity index (χ4v) is 1.85. The maximum absolute atomic E-state index is 11.8. The van der Waals surface area contributed by atoms with Gasteiger partial charge in [0.05, 0.1) is 17.8 Å². The molecule has 3 N–H and O–H groups in total. The number of urea groups is 1. The molecule has 92 valence electrons. The van der Waals surface area contributed by atoms with Crippen LogP contribution in [0.4, 0.5) is 10.5 Å². The van der Waals surface area contributed by atoms with E-state index in [1.807, 2.05) is 0 Å². The van der Waals surface area contributed by atoms with Crippen molar-refractivity contribution < 1.29 is 14.7 Å². The minimum Gasteiger partial charge on any atom is -0.481 e. The molecular formula is C10H14N4O3. The van der Waals surface area contributed by atoms with Crippen LogP contribution in [-0.2, 0) is 4.79 Å². The second-order valence-corrected chi connectivity index (χ2v) is 4.02. The average molecular weight is 238 g/mol. The molecule has 2 rings (SSSR count). The van der Waals surface area contributed by atoms with Crippen LogP contribution in [-0.4, -0.2) is 45.3 Å². The summed E-state index contributed by atoms with van der Waals surface area (Å²) in [6.45, 7) is 0.946. The van der Waals surface area contributed by atoms with Crippen molar-refractivity contribution in [3.05, 3.63) is 12.4 Å². The van der Waals surface area contributed by atoms with Crippen LogP contribution in [0.25, 0.3) is 0 Å². The molecule has 1 aliphatic heterocycles. The number of likely N-dealkylation sites (tertiary alicyclic amines) is 1. The monoisotopic (exact) mass is 238 g/mol. The number of nitrogens with one attached hydrogen (secondary N) is 2. The molecule has 1 fully saturated rings. The Bertz CT molecular complexity index is 396. The summed E-state index contributed by atoms with van der Waals surface area (Å²) in [6.07, 6.45) is 4.12. The Labute approximate surface area is 97.8 Å². The van der Waals surface area contributed by atoms with E-state index in [0.29, 0.717) is 31.6 Å². The zero-order valence-corrected chi connectivity index (χ0v) is 9.22. The van der Waals surface area contributed by atoms with Crippen LogP contribution >= 0.6 is 0 Å². The summed E-state index contributed by atoms with van der Waals surface area (Å²) in [6, 6.07) is -0.213. The SMILES string of the molecule is O=C(O)C1CCN(C(=O)Nc2cn[nH]c2)CC1. The minimum atomic E-state index is -0.778. The number of carboxylic acid groups (broad SMARTS) is 1. The number of aromatic nitrogens is 2. The molecule has 7 heteroatoms. The maximum Gasteiger partial charge on any atom is 0.321 e. The lowest BCUT2D eigenvalue weighted by molar-refractivity contribution is -0.143. The minimum absolute atomic E-state index is 0.213. The smallest absolute Gasteiger partial charge is 0.321 e. The number of nitrogens with zero attached hydrogens (tertiary/aromatic N) is 2. The Balaban J connectivity index is 1.84. The van der Waals surface area contributed by atoms with E-state index in [4.69, 9.17) is 5.11 Å². The largest absolute Gasteiger partial charge is 0.481 e. The van der Waals surface area contributed by atoms with Crippen LogP contribution in [0, 0.1) is 5.92 Å². The zero-order chi connectivity index (χ0) is 12.3. The number of hydrogen-bond donors (Lipinski definition) is 3. The van der Waals surface area contributed by atoms with Gasteiger partial charge in [-0.05, 0) is 12.8 Å². The number of carbonyl (C=O) groups excluding carboxylic acids is 1. The molecule has 0 aliphatic carbocycles. The lowest BCUT2D eigenvalue weighted by atomic mass is 9.97. The molecule has 1 aromatic rings. The Morgan fingerprint density at radius 2 is 2.18 bits per heavy atom. The molecule has 0 bridgehead atoms. The average Bonchev–Trinajstić information content (AvgIpc) is 2.82. The van der Waals surface area contributed by atoms with Gasteiger partial charge in [0.25, 0.3) is 0 Å². The summed E-state index contributed by atoms with van der Waals surface area (Å²) in [5.41, 5.74) is 0.607. The molecule has 0 atom stereocenters. The molecule has 2 heterocycles. The molecule has 0 saturated carbocycles. The highest BCUT2D eigenvalue weighted by molar-refractivity contribution is 5.89. The predicted molar refractivity (Wildman–Crippen MR) is 59.5 cm³/mol. The van der Waals surface area contributed by atoms with E-state index in [9.17, 15) is 9.59 Å². The second-order valence-electron chi connectivity index (χ2n) is 4.02. The van der Waals surface area contributed by atoms with Crippen molar-refractivity contribution in [1.29, 1.82) is 0 Å². The Hall–Kier alpha value is -2.05. The Morgan fingerprint density at radius 3 is 2.71 bits per heavy atom. The van der Waals surface area contributed by atoms with Crippen LogP contribution in [0.1, 0.15) is 12.8 Å². The molecule has 2 amide bonds. The first-order chi connectivity index (χ1) is 8.16. The molecule has 0 spiro atoms. The summed E-state index contributed by atoms with van der Waals surface area (Å²) >= 11 is 0. The second kappa shape index (κ2) is 4.86. The molecule has 1 saturated heterocycles. The predicted octanol–water partition coefficient (Wildman–Crippen LogP) is 0.738. The van der Waals surface area contributed by atoms with E-state index >= 15 is 0 Å². The number of H-pyrrole nitrogens is 1. The molecule has 7 nitrogen and oxygen atoms in total. The summed E-state index contributed by atoms with van der Waals surface area (Å²) in [5, 5.41) is 17.8. The van der Waals surface area contributed by atoms with Crippen molar-refractivity contribution in [3.63, 3.8) is 0 Å². The maximum atomic E-state index is 11.8. The molecule has 17 heavy (non-hydrogen) atoms. The van der Waals surface area contributed by atoms with Crippen molar-refractivity contribution in [3.8, 4) is 0 Å². The van der Waals surface area contributed by atoms with Crippen LogP contribution in [0.3, 0.4) is 0 Å². The number of anilines is 1. The molecule has 0 radical (unpaired) electrons. The normalized spacial score (nSPS) is 16.8. The lowest BCUT2D eigenvalue weighted by Gasteiger charge is -2.29. The number of carboxylic acids is 1. The molecule has 0 aromatic carbocycles. The Morgan fingerprint density at radius 1 is 1.47 bits per heavy atom. The number of piperidine rings is 1. The van der Waals surface area contributed by atoms with Gasteiger partial charge in [0.15, 0.2) is 0 Å². The van der Waals surface area contributed by atoms with Gasteiger partial charge in [0.2, 0.25) is 0 Å². The van der Waals surface area contributed by atoms with E-state index < -0.39 is 5.97 Å². The topological polar surface area (TPSA) is 98.3 Å². The van der Waals surface area contributed by atoms with Gasteiger partial charge in [0, 0.05) is 19.3 Å². The number of carbonyl (C=O) groups is 2. The van der Waals surface area contributed by atoms with Crippen LogP contribution in [0.2, 0.25) is 0 Å². The van der Waals surface area contributed by atoms with Crippen LogP contribution in [0.15, 0.2) is 12.4 Å². The van der Waals surface area contributed by atoms with Gasteiger partial charge in [-0.15, -0.1) is 0 Å². The number of amides is 2. The number of aliphatic carboxylic acids is 1. The standard InChI is InChI=1S/C10H14N4O3/c15-9(16)7-1-3-14(4-2-7)10(17)13-8-5-11-12-6-8/h5-7H,1-4H2,(H,11,12)(H,13,17)(H,15,16). The van der Waals surface area contributed by atoms with Gasteiger partial charge in [-0.25, -0.2) is 4.79 Å². The van der Waals surface area contributed by atoms with Crippen molar-refractivity contribution in [2.45, 2.75) is 12.8 Å². The fourth-order valence-electron chi connectivity index (χ4n) is 1.85. The van der Waals surface area contributed by atoms with Crippen molar-refractivity contribution in [2.75, 3.05) is 18.4 Å². The fraction of sp³-hybridized carbons (Fsp3) is 0.500. The number of rotatable bonds is 2. The van der Waals surface area contributed by atoms with Crippen molar-refractivity contribution >= 4 is 17.7 Å². The first-order valence-electron chi connectivity index (χ1n) is 5.44. The Kier molecular flexibility index (Phi) is 3.27. The van der Waals surface area contributed by atoms with E-state index in [2.05, 4.69) is 15.5 Å². The number of hydrogen-bond acceptors (Lipinski definition) is 3. The molecule has 0 unspecified atom stereocenters. The number of aromatic amines is 1. The highest BCUT2D eigenvalue weighted by atomic mass is 16.4. The first-order valence-corrected chi connectivity index (χ1v) is 5.44.